The van der Waals surface area contributed by atoms with Gasteiger partial charge in [-0.3, -0.25) is 0 Å². The van der Waals surface area contributed by atoms with Crippen LogP contribution in [-0.4, -0.2) is 14.2 Å². The maximum atomic E-state index is 15.2. The van der Waals surface area contributed by atoms with Crippen molar-refractivity contribution in [1.29, 1.82) is 0 Å². The van der Waals surface area contributed by atoms with Crippen LogP contribution in [0, 0.1) is 23.3 Å². The molecule has 0 atom stereocenters. The van der Waals surface area contributed by atoms with Gasteiger partial charge in [0.05, 0.1) is 25.3 Å². The average Bonchev–Trinajstić information content (AvgIpc) is 2.83. The van der Waals surface area contributed by atoms with Gasteiger partial charge >= 0.3 is 0 Å². The van der Waals surface area contributed by atoms with E-state index in [0.29, 0.717) is 32.7 Å². The fourth-order valence-electron chi connectivity index (χ4n) is 4.48. The van der Waals surface area contributed by atoms with E-state index in [0.717, 1.165) is 24.3 Å². The summed E-state index contributed by atoms with van der Waals surface area (Å²) in [5, 5.41) is 1.81. The standard InChI is InChI=1S/C28H18F4O2/c1-33-15-11-21(29)27(22(30)12-15)25-17-7-3-5-9-19(17)26(20-10-6-4-8-18(20)25)28-23(31)13-16(34-2)14-24(28)32/h3-14H,1-2H3. The molecule has 170 valence electrons. The first kappa shape index (κ1) is 21.8. The molecule has 5 aromatic rings. The van der Waals surface area contributed by atoms with Crippen molar-refractivity contribution in [3.05, 3.63) is 96.1 Å². The van der Waals surface area contributed by atoms with Crippen molar-refractivity contribution in [2.75, 3.05) is 14.2 Å². The van der Waals surface area contributed by atoms with Crippen LogP contribution in [0.4, 0.5) is 17.6 Å². The van der Waals surface area contributed by atoms with E-state index in [1.807, 2.05) is 0 Å². The van der Waals surface area contributed by atoms with E-state index in [9.17, 15) is 0 Å². The second-order valence-electron chi connectivity index (χ2n) is 7.77. The summed E-state index contributed by atoms with van der Waals surface area (Å²) in [5.41, 5.74) is 0.106. The van der Waals surface area contributed by atoms with Crippen LogP contribution in [0.25, 0.3) is 43.8 Å². The predicted octanol–water partition coefficient (Wildman–Crippen LogP) is 7.90. The molecule has 0 aromatic heterocycles. The highest BCUT2D eigenvalue weighted by Crippen LogP contribution is 2.46. The number of hydrogen-bond acceptors (Lipinski definition) is 2. The molecule has 2 nitrogen and oxygen atoms in total. The summed E-state index contributed by atoms with van der Waals surface area (Å²) in [5.74, 6) is -3.12. The van der Waals surface area contributed by atoms with Gasteiger partial charge in [0.15, 0.2) is 0 Å². The molecule has 5 aromatic carbocycles. The first-order valence-electron chi connectivity index (χ1n) is 10.4. The SMILES string of the molecule is COc1cc(F)c(-c2c3ccccc3c(-c3c(F)cc(OC)cc3F)c3ccccc23)c(F)c1. The minimum atomic E-state index is -0.804. The van der Waals surface area contributed by atoms with Gasteiger partial charge in [-0.1, -0.05) is 48.5 Å². The highest BCUT2D eigenvalue weighted by molar-refractivity contribution is 6.21. The minimum Gasteiger partial charge on any atom is -0.497 e. The van der Waals surface area contributed by atoms with E-state index in [-0.39, 0.29) is 22.6 Å². The third-order valence-electron chi connectivity index (χ3n) is 5.93. The van der Waals surface area contributed by atoms with Gasteiger partial charge in [-0.15, -0.1) is 0 Å². The third-order valence-corrected chi connectivity index (χ3v) is 5.93. The summed E-state index contributed by atoms with van der Waals surface area (Å²) in [4.78, 5) is 0. The summed E-state index contributed by atoms with van der Waals surface area (Å²) in [6.45, 7) is 0. The van der Waals surface area contributed by atoms with Crippen LogP contribution in [0.3, 0.4) is 0 Å². The Bertz CT molecular complexity index is 1360. The van der Waals surface area contributed by atoms with Crippen molar-refractivity contribution in [3.63, 3.8) is 0 Å². The molecule has 0 N–H and O–H groups in total. The van der Waals surface area contributed by atoms with Crippen molar-refractivity contribution >= 4 is 21.5 Å². The average molecular weight is 462 g/mol. The Labute approximate surface area is 193 Å². The fraction of sp³-hybridized carbons (Fsp3) is 0.0714. The zero-order chi connectivity index (χ0) is 24.0. The Morgan fingerprint density at radius 1 is 0.441 bits per heavy atom. The number of methoxy groups -OCH3 is 2. The van der Waals surface area contributed by atoms with E-state index in [1.165, 1.54) is 14.2 Å². The van der Waals surface area contributed by atoms with Gasteiger partial charge in [0.25, 0.3) is 0 Å². The molecular weight excluding hydrogens is 444 g/mol. The molecule has 0 heterocycles. The summed E-state index contributed by atoms with van der Waals surface area (Å²) < 4.78 is 70.9. The molecule has 0 saturated carbocycles. The van der Waals surface area contributed by atoms with Crippen LogP contribution in [0.1, 0.15) is 0 Å². The highest BCUT2D eigenvalue weighted by atomic mass is 19.1. The summed E-state index contributed by atoms with van der Waals surface area (Å²) >= 11 is 0. The normalized spacial score (nSPS) is 11.2. The van der Waals surface area contributed by atoms with Crippen LogP contribution >= 0.6 is 0 Å². The lowest BCUT2D eigenvalue weighted by atomic mass is 9.85. The van der Waals surface area contributed by atoms with E-state index < -0.39 is 23.3 Å². The van der Waals surface area contributed by atoms with Crippen molar-refractivity contribution in [2.45, 2.75) is 0 Å². The number of rotatable bonds is 4. The van der Waals surface area contributed by atoms with E-state index in [2.05, 4.69) is 0 Å². The first-order chi connectivity index (χ1) is 16.4. The second-order valence-corrected chi connectivity index (χ2v) is 7.77. The molecule has 0 aliphatic carbocycles. The van der Waals surface area contributed by atoms with Gasteiger partial charge in [0.1, 0.15) is 34.8 Å². The number of fused-ring (bicyclic) bond motifs is 2. The van der Waals surface area contributed by atoms with Crippen molar-refractivity contribution in [2.24, 2.45) is 0 Å². The molecule has 0 aliphatic rings. The van der Waals surface area contributed by atoms with Gasteiger partial charge in [-0.25, -0.2) is 17.6 Å². The molecule has 5 rings (SSSR count). The third kappa shape index (κ3) is 3.34. The highest BCUT2D eigenvalue weighted by Gasteiger charge is 2.24. The molecule has 0 saturated heterocycles. The van der Waals surface area contributed by atoms with Crippen molar-refractivity contribution in [1.82, 2.24) is 0 Å². The molecule has 0 aliphatic heterocycles. The molecule has 0 amide bonds. The number of benzene rings is 5. The molecule has 0 bridgehead atoms. The second kappa shape index (κ2) is 8.37. The number of halogens is 4. The smallest absolute Gasteiger partial charge is 0.137 e. The molecular formula is C28H18F4O2. The molecule has 6 heteroatoms. The van der Waals surface area contributed by atoms with Gasteiger partial charge < -0.3 is 9.47 Å². The largest absolute Gasteiger partial charge is 0.497 e. The van der Waals surface area contributed by atoms with Gasteiger partial charge in [0.2, 0.25) is 0 Å². The number of ether oxygens (including phenoxy) is 2. The zero-order valence-electron chi connectivity index (χ0n) is 18.3. The van der Waals surface area contributed by atoms with Gasteiger partial charge in [-0.2, -0.15) is 0 Å². The predicted molar refractivity (Wildman–Crippen MR) is 125 cm³/mol. The Hall–Kier alpha value is -4.06. The summed E-state index contributed by atoms with van der Waals surface area (Å²) in [7, 11) is 2.65. The lowest BCUT2D eigenvalue weighted by Gasteiger charge is -2.19. The van der Waals surface area contributed by atoms with Crippen LogP contribution in [0.2, 0.25) is 0 Å². The van der Waals surface area contributed by atoms with Gasteiger partial charge in [0, 0.05) is 35.4 Å². The molecule has 0 spiro atoms. The molecule has 34 heavy (non-hydrogen) atoms. The van der Waals surface area contributed by atoms with Crippen molar-refractivity contribution in [3.8, 4) is 33.8 Å². The molecule has 0 radical (unpaired) electrons. The summed E-state index contributed by atoms with van der Waals surface area (Å²) in [6, 6.07) is 18.0. The Morgan fingerprint density at radius 2 is 0.706 bits per heavy atom. The topological polar surface area (TPSA) is 18.5 Å². The minimum absolute atomic E-state index is 0.0476. The monoisotopic (exact) mass is 462 g/mol. The summed E-state index contributed by atoms with van der Waals surface area (Å²) in [6.07, 6.45) is 0. The Balaban J connectivity index is 1.98. The van der Waals surface area contributed by atoms with Crippen molar-refractivity contribution < 1.29 is 27.0 Å². The maximum absolute atomic E-state index is 15.2. The van der Waals surface area contributed by atoms with E-state index >= 15 is 17.6 Å². The lowest BCUT2D eigenvalue weighted by Crippen LogP contribution is -1.99. The fourth-order valence-corrected chi connectivity index (χ4v) is 4.48. The van der Waals surface area contributed by atoms with Crippen LogP contribution in [0.15, 0.2) is 72.8 Å². The quantitative estimate of drug-likeness (QED) is 0.200. The maximum Gasteiger partial charge on any atom is 0.137 e. The molecule has 0 unspecified atom stereocenters. The van der Waals surface area contributed by atoms with Crippen LogP contribution in [0.5, 0.6) is 11.5 Å². The van der Waals surface area contributed by atoms with Gasteiger partial charge in [-0.05, 0) is 21.5 Å². The van der Waals surface area contributed by atoms with Crippen LogP contribution in [-0.2, 0) is 0 Å². The van der Waals surface area contributed by atoms with E-state index in [1.54, 1.807) is 48.5 Å². The Morgan fingerprint density at radius 3 is 0.941 bits per heavy atom. The number of hydrogen-bond donors (Lipinski definition) is 0. The van der Waals surface area contributed by atoms with E-state index in [4.69, 9.17) is 9.47 Å². The first-order valence-corrected chi connectivity index (χ1v) is 10.4. The Kier molecular flexibility index (Phi) is 5.36. The zero-order valence-corrected chi connectivity index (χ0v) is 18.3. The lowest BCUT2D eigenvalue weighted by molar-refractivity contribution is 0.407. The van der Waals surface area contributed by atoms with Crippen LogP contribution < -0.4 is 9.47 Å². The molecule has 0 fully saturated rings.